The molecule has 3 N–H and O–H groups in total. The standard InChI is InChI=1S/C23H19F2N5O4/c1-12(20-15(25)9-13(24)11-27-20)28-21(32)17(10-14-5-2-3-8-26-14)30-22(33)19-16(29-23(30)34)6-4-7-18(19)31/h2-9,11-12,17,31H,10H2,1H3,(H,28,32)(H,29,34)/t12-,17+/m1/s1. The lowest BCUT2D eigenvalue weighted by Crippen LogP contribution is -2.46. The number of phenols is 1. The molecule has 174 valence electrons. The maximum Gasteiger partial charge on any atom is 0.329 e. The molecule has 34 heavy (non-hydrogen) atoms. The van der Waals surface area contributed by atoms with Crippen molar-refractivity contribution >= 4 is 16.8 Å². The lowest BCUT2D eigenvalue weighted by Gasteiger charge is -2.22. The molecule has 0 radical (unpaired) electrons. The third-order valence-electron chi connectivity index (χ3n) is 5.28. The zero-order valence-electron chi connectivity index (χ0n) is 17.8. The van der Waals surface area contributed by atoms with Crippen LogP contribution in [0, 0.1) is 11.6 Å². The van der Waals surface area contributed by atoms with Gasteiger partial charge in [0.15, 0.2) is 0 Å². The van der Waals surface area contributed by atoms with E-state index in [1.54, 1.807) is 18.2 Å². The van der Waals surface area contributed by atoms with E-state index in [1.165, 1.54) is 31.3 Å². The number of halogens is 2. The number of amides is 1. The number of aromatic amines is 1. The Morgan fingerprint density at radius 3 is 2.68 bits per heavy atom. The second-order valence-corrected chi connectivity index (χ2v) is 7.60. The summed E-state index contributed by atoms with van der Waals surface area (Å²) >= 11 is 0. The van der Waals surface area contributed by atoms with Crippen LogP contribution >= 0.6 is 0 Å². The summed E-state index contributed by atoms with van der Waals surface area (Å²) in [6.45, 7) is 1.43. The van der Waals surface area contributed by atoms with Crippen LogP contribution < -0.4 is 16.6 Å². The zero-order valence-corrected chi connectivity index (χ0v) is 17.8. The molecule has 0 aliphatic carbocycles. The van der Waals surface area contributed by atoms with Gasteiger partial charge in [-0.1, -0.05) is 12.1 Å². The molecular formula is C23H19F2N5O4. The van der Waals surface area contributed by atoms with Gasteiger partial charge < -0.3 is 15.4 Å². The topological polar surface area (TPSA) is 130 Å². The van der Waals surface area contributed by atoms with Crippen LogP contribution in [-0.4, -0.2) is 30.5 Å². The SMILES string of the molecule is C[C@@H](NC(=O)[C@H](Cc1ccccn1)n1c(=O)[nH]c2cccc(O)c2c1=O)c1ncc(F)cc1F. The molecule has 2 atom stereocenters. The zero-order chi connectivity index (χ0) is 24.4. The molecule has 4 aromatic rings. The van der Waals surface area contributed by atoms with Crippen molar-refractivity contribution in [3.63, 3.8) is 0 Å². The molecule has 1 amide bonds. The van der Waals surface area contributed by atoms with Crippen LogP contribution in [0.4, 0.5) is 8.78 Å². The Morgan fingerprint density at radius 1 is 1.18 bits per heavy atom. The predicted molar refractivity (Wildman–Crippen MR) is 118 cm³/mol. The molecule has 11 heteroatoms. The number of aromatic hydroxyl groups is 1. The molecule has 0 saturated heterocycles. The van der Waals surface area contributed by atoms with Crippen molar-refractivity contribution in [2.45, 2.75) is 25.4 Å². The van der Waals surface area contributed by atoms with Crippen molar-refractivity contribution in [1.29, 1.82) is 0 Å². The van der Waals surface area contributed by atoms with Gasteiger partial charge in [0.1, 0.15) is 28.8 Å². The predicted octanol–water partition coefficient (Wildman–Crippen LogP) is 2.12. The molecule has 0 unspecified atom stereocenters. The fraction of sp³-hybridized carbons (Fsp3) is 0.174. The Balaban J connectivity index is 1.79. The van der Waals surface area contributed by atoms with Gasteiger partial charge >= 0.3 is 5.69 Å². The maximum atomic E-state index is 14.2. The Hall–Kier alpha value is -4.41. The third-order valence-corrected chi connectivity index (χ3v) is 5.28. The van der Waals surface area contributed by atoms with Crippen molar-refractivity contribution in [3.05, 3.63) is 98.7 Å². The third kappa shape index (κ3) is 4.40. The number of fused-ring (bicyclic) bond motifs is 1. The molecule has 1 aromatic carbocycles. The molecule has 9 nitrogen and oxygen atoms in total. The first-order valence-electron chi connectivity index (χ1n) is 10.2. The molecule has 3 heterocycles. The van der Waals surface area contributed by atoms with Crippen molar-refractivity contribution in [2.75, 3.05) is 0 Å². The Morgan fingerprint density at radius 2 is 1.97 bits per heavy atom. The van der Waals surface area contributed by atoms with E-state index >= 15 is 0 Å². The number of nitrogens with one attached hydrogen (secondary N) is 2. The van der Waals surface area contributed by atoms with Crippen molar-refractivity contribution < 1.29 is 18.7 Å². The van der Waals surface area contributed by atoms with E-state index in [2.05, 4.69) is 20.3 Å². The van der Waals surface area contributed by atoms with Gasteiger partial charge in [-0.3, -0.25) is 19.6 Å². The summed E-state index contributed by atoms with van der Waals surface area (Å²) in [6.07, 6.45) is 2.15. The van der Waals surface area contributed by atoms with Crippen LogP contribution in [0.1, 0.15) is 30.4 Å². The molecule has 0 aliphatic heterocycles. The first kappa shape index (κ1) is 22.8. The molecule has 4 rings (SSSR count). The van der Waals surface area contributed by atoms with E-state index in [9.17, 15) is 28.3 Å². The first-order chi connectivity index (χ1) is 16.3. The maximum absolute atomic E-state index is 14.2. The quantitative estimate of drug-likeness (QED) is 0.398. The molecule has 0 saturated carbocycles. The van der Waals surface area contributed by atoms with Crippen LogP contribution in [0.2, 0.25) is 0 Å². The minimum absolute atomic E-state index is 0.106. The number of rotatable bonds is 6. The van der Waals surface area contributed by atoms with Crippen molar-refractivity contribution in [1.82, 2.24) is 24.8 Å². The van der Waals surface area contributed by atoms with Gasteiger partial charge in [-0.15, -0.1) is 0 Å². The van der Waals surface area contributed by atoms with Gasteiger partial charge in [-0.05, 0) is 31.2 Å². The second-order valence-electron chi connectivity index (χ2n) is 7.60. The van der Waals surface area contributed by atoms with Crippen molar-refractivity contribution in [2.24, 2.45) is 0 Å². The summed E-state index contributed by atoms with van der Waals surface area (Å²) in [5.41, 5.74) is -1.47. The van der Waals surface area contributed by atoms with E-state index in [4.69, 9.17) is 0 Å². The molecule has 3 aromatic heterocycles. The van der Waals surface area contributed by atoms with Crippen LogP contribution in [0.15, 0.2) is 64.4 Å². The lowest BCUT2D eigenvalue weighted by atomic mass is 10.1. The largest absolute Gasteiger partial charge is 0.507 e. The molecular weight excluding hydrogens is 448 g/mol. The number of H-pyrrole nitrogens is 1. The van der Waals surface area contributed by atoms with Crippen LogP contribution in [-0.2, 0) is 11.2 Å². The highest BCUT2D eigenvalue weighted by Crippen LogP contribution is 2.20. The average molecular weight is 467 g/mol. The summed E-state index contributed by atoms with van der Waals surface area (Å²) in [6, 6.07) is 7.37. The highest BCUT2D eigenvalue weighted by atomic mass is 19.1. The Labute approximate surface area is 190 Å². The van der Waals surface area contributed by atoms with Crippen LogP contribution in [0.3, 0.4) is 0 Å². The Bertz CT molecular complexity index is 1490. The van der Waals surface area contributed by atoms with E-state index in [0.29, 0.717) is 16.3 Å². The number of aromatic nitrogens is 4. The van der Waals surface area contributed by atoms with E-state index in [0.717, 1.165) is 6.20 Å². The molecule has 0 spiro atoms. The smallest absolute Gasteiger partial charge is 0.329 e. The minimum Gasteiger partial charge on any atom is -0.507 e. The number of benzene rings is 1. The normalized spacial score (nSPS) is 12.9. The van der Waals surface area contributed by atoms with Gasteiger partial charge in [0, 0.05) is 24.4 Å². The molecule has 0 bridgehead atoms. The lowest BCUT2D eigenvalue weighted by molar-refractivity contribution is -0.125. The summed E-state index contributed by atoms with van der Waals surface area (Å²) in [5, 5.41) is 12.6. The summed E-state index contributed by atoms with van der Waals surface area (Å²) < 4.78 is 28.1. The van der Waals surface area contributed by atoms with Gasteiger partial charge in [0.25, 0.3) is 5.56 Å². The van der Waals surface area contributed by atoms with Crippen LogP contribution in [0.5, 0.6) is 5.75 Å². The molecule has 0 aliphatic rings. The second kappa shape index (κ2) is 9.22. The van der Waals surface area contributed by atoms with Gasteiger partial charge in [-0.25, -0.2) is 18.1 Å². The van der Waals surface area contributed by atoms with Gasteiger partial charge in [0.05, 0.1) is 23.4 Å². The number of nitrogens with zero attached hydrogens (tertiary/aromatic N) is 3. The number of hydrogen-bond donors (Lipinski definition) is 3. The monoisotopic (exact) mass is 467 g/mol. The average Bonchev–Trinajstić information content (AvgIpc) is 2.78. The fourth-order valence-corrected chi connectivity index (χ4v) is 3.68. The van der Waals surface area contributed by atoms with E-state index < -0.39 is 40.9 Å². The van der Waals surface area contributed by atoms with Crippen LogP contribution in [0.25, 0.3) is 10.9 Å². The summed E-state index contributed by atoms with van der Waals surface area (Å²) in [4.78, 5) is 49.7. The van der Waals surface area contributed by atoms with Gasteiger partial charge in [0.2, 0.25) is 5.91 Å². The highest BCUT2D eigenvalue weighted by Gasteiger charge is 2.28. The summed E-state index contributed by atoms with van der Waals surface area (Å²) in [7, 11) is 0. The number of phenolic OH excluding ortho intramolecular Hbond substituents is 1. The van der Waals surface area contributed by atoms with E-state index in [1.807, 2.05) is 0 Å². The van der Waals surface area contributed by atoms with Gasteiger partial charge in [-0.2, -0.15) is 0 Å². The highest BCUT2D eigenvalue weighted by molar-refractivity contribution is 5.85. The number of hydrogen-bond acceptors (Lipinski definition) is 6. The van der Waals surface area contributed by atoms with Crippen molar-refractivity contribution in [3.8, 4) is 5.75 Å². The van der Waals surface area contributed by atoms with E-state index in [-0.39, 0.29) is 28.8 Å². The summed E-state index contributed by atoms with van der Waals surface area (Å²) in [5.74, 6) is -3.00. The Kier molecular flexibility index (Phi) is 6.17. The number of carbonyl (C=O) groups excluding carboxylic acids is 1. The minimum atomic E-state index is -1.40. The number of carbonyl (C=O) groups is 1. The fourth-order valence-electron chi connectivity index (χ4n) is 3.68. The first-order valence-corrected chi connectivity index (χ1v) is 10.2. The molecule has 0 fully saturated rings. The number of pyridine rings is 2.